The van der Waals surface area contributed by atoms with E-state index in [0.29, 0.717) is 70.1 Å². The summed E-state index contributed by atoms with van der Waals surface area (Å²) in [4.78, 5) is 0. The maximum absolute atomic E-state index is 6.36. The normalized spacial score (nSPS) is 15.3. The fourth-order valence-electron chi connectivity index (χ4n) is 4.40. The van der Waals surface area contributed by atoms with Crippen LogP contribution >= 0.6 is 0 Å². The average molecular weight is 539 g/mol. The number of hydrogen-bond donors (Lipinski definition) is 0. The van der Waals surface area contributed by atoms with Gasteiger partial charge in [-0.15, -0.1) is 0 Å². The molecule has 1 aliphatic heterocycles. The first-order valence-electron chi connectivity index (χ1n) is 14.3. The van der Waals surface area contributed by atoms with Crippen molar-refractivity contribution in [2.45, 2.75) is 45.4 Å². The fraction of sp³-hybridized carbons (Fsp3) is 0.500. The molecule has 1 aliphatic rings. The predicted octanol–water partition coefficient (Wildman–Crippen LogP) is 7.19. The molecule has 0 bridgehead atoms. The summed E-state index contributed by atoms with van der Waals surface area (Å²) in [5, 5.41) is 2.04. The minimum Gasteiger partial charge on any atom is -0.493 e. The molecule has 3 aromatic carbocycles. The Hall–Kier alpha value is -3.00. The summed E-state index contributed by atoms with van der Waals surface area (Å²) < 4.78 is 41.1. The summed E-state index contributed by atoms with van der Waals surface area (Å²) in [5.74, 6) is 3.54. The van der Waals surface area contributed by atoms with Crippen molar-refractivity contribution < 1.29 is 33.2 Å². The van der Waals surface area contributed by atoms with Crippen molar-refractivity contribution in [3.8, 4) is 28.7 Å². The molecular weight excluding hydrogens is 496 g/mol. The van der Waals surface area contributed by atoms with Crippen LogP contribution in [0.4, 0.5) is 0 Å². The number of benzene rings is 3. The van der Waals surface area contributed by atoms with Gasteiger partial charge >= 0.3 is 0 Å². The maximum Gasteiger partial charge on any atom is 0.165 e. The van der Waals surface area contributed by atoms with Crippen molar-refractivity contribution in [3.63, 3.8) is 0 Å². The molecule has 212 valence electrons. The molecule has 0 N–H and O–H groups in total. The summed E-state index contributed by atoms with van der Waals surface area (Å²) >= 11 is 0. The standard InChI is InChI=1S/C32H42O7/c1-2-3-4-5-6-9-16-36-29-14-15-30(28-11-8-7-10-27(28)29)39-26-12-13-31-32(25-26)38-24-22-35-20-18-33-17-19-34-21-23-37-31/h7-8,10-15,25H,2-6,9,16-24H2,1H3. The first-order valence-corrected chi connectivity index (χ1v) is 14.3. The molecule has 7 nitrogen and oxygen atoms in total. The summed E-state index contributed by atoms with van der Waals surface area (Å²) in [7, 11) is 0. The van der Waals surface area contributed by atoms with Gasteiger partial charge in [-0.2, -0.15) is 0 Å². The minimum atomic E-state index is 0.393. The van der Waals surface area contributed by atoms with E-state index in [-0.39, 0.29) is 0 Å². The zero-order chi connectivity index (χ0) is 27.0. The third kappa shape index (κ3) is 9.60. The second kappa shape index (κ2) is 16.9. The zero-order valence-corrected chi connectivity index (χ0v) is 23.2. The molecular formula is C32H42O7. The van der Waals surface area contributed by atoms with Gasteiger partial charge in [-0.25, -0.2) is 0 Å². The Morgan fingerprint density at radius 2 is 1.18 bits per heavy atom. The lowest BCUT2D eigenvalue weighted by Gasteiger charge is -2.16. The van der Waals surface area contributed by atoms with Crippen LogP contribution in [0.2, 0.25) is 0 Å². The first kappa shape index (κ1) is 29.0. The largest absolute Gasteiger partial charge is 0.493 e. The van der Waals surface area contributed by atoms with Crippen molar-refractivity contribution in [2.24, 2.45) is 0 Å². The van der Waals surface area contributed by atoms with E-state index in [1.807, 2.05) is 42.5 Å². The van der Waals surface area contributed by atoms with Gasteiger partial charge in [0.1, 0.15) is 30.5 Å². The van der Waals surface area contributed by atoms with Crippen LogP contribution in [0.25, 0.3) is 10.8 Å². The molecule has 4 rings (SSSR count). The van der Waals surface area contributed by atoms with Crippen LogP contribution in [0.5, 0.6) is 28.7 Å². The average Bonchev–Trinajstić information content (AvgIpc) is 2.97. The molecule has 0 saturated carbocycles. The van der Waals surface area contributed by atoms with Crippen molar-refractivity contribution in [3.05, 3.63) is 54.6 Å². The highest BCUT2D eigenvalue weighted by Crippen LogP contribution is 2.38. The SMILES string of the molecule is CCCCCCCCOc1ccc(Oc2ccc3c(c2)OCCOCCOCCOCCO3)c2ccccc12. The van der Waals surface area contributed by atoms with Crippen molar-refractivity contribution in [1.82, 2.24) is 0 Å². The highest BCUT2D eigenvalue weighted by molar-refractivity contribution is 5.93. The van der Waals surface area contributed by atoms with E-state index in [1.165, 1.54) is 32.1 Å². The quantitative estimate of drug-likeness (QED) is 0.253. The lowest BCUT2D eigenvalue weighted by molar-refractivity contribution is 0.00708. The Morgan fingerprint density at radius 3 is 1.90 bits per heavy atom. The zero-order valence-electron chi connectivity index (χ0n) is 23.2. The van der Waals surface area contributed by atoms with Gasteiger partial charge in [0.2, 0.25) is 0 Å². The molecule has 1 heterocycles. The topological polar surface area (TPSA) is 64.6 Å². The first-order chi connectivity index (χ1) is 19.3. The number of fused-ring (bicyclic) bond motifs is 2. The second-order valence-corrected chi connectivity index (χ2v) is 9.47. The van der Waals surface area contributed by atoms with E-state index in [1.54, 1.807) is 0 Å². The van der Waals surface area contributed by atoms with Crippen molar-refractivity contribution >= 4 is 10.8 Å². The molecule has 39 heavy (non-hydrogen) atoms. The Morgan fingerprint density at radius 1 is 0.590 bits per heavy atom. The Labute approximate surface area is 232 Å². The molecule has 0 aromatic heterocycles. The highest BCUT2D eigenvalue weighted by atomic mass is 16.6. The molecule has 3 aromatic rings. The van der Waals surface area contributed by atoms with Crippen LogP contribution in [0.1, 0.15) is 45.4 Å². The highest BCUT2D eigenvalue weighted by Gasteiger charge is 2.12. The van der Waals surface area contributed by atoms with Gasteiger partial charge in [0.15, 0.2) is 11.5 Å². The van der Waals surface area contributed by atoms with E-state index in [9.17, 15) is 0 Å². The van der Waals surface area contributed by atoms with E-state index in [2.05, 4.69) is 19.1 Å². The summed E-state index contributed by atoms with van der Waals surface area (Å²) in [6.45, 7) is 6.81. The molecule has 0 amide bonds. The third-order valence-electron chi connectivity index (χ3n) is 6.46. The maximum atomic E-state index is 6.36. The number of hydrogen-bond acceptors (Lipinski definition) is 7. The van der Waals surface area contributed by atoms with Gasteiger partial charge < -0.3 is 33.2 Å². The molecule has 7 heteroatoms. The van der Waals surface area contributed by atoms with Gasteiger partial charge in [-0.3, -0.25) is 0 Å². The number of rotatable bonds is 10. The number of ether oxygens (including phenoxy) is 7. The lowest BCUT2D eigenvalue weighted by Crippen LogP contribution is -2.13. The van der Waals surface area contributed by atoms with Gasteiger partial charge in [0, 0.05) is 16.8 Å². The summed E-state index contributed by atoms with van der Waals surface area (Å²) in [5.41, 5.74) is 0. The summed E-state index contributed by atoms with van der Waals surface area (Å²) in [6.07, 6.45) is 7.44. The van der Waals surface area contributed by atoms with E-state index in [4.69, 9.17) is 33.2 Å². The van der Waals surface area contributed by atoms with Crippen molar-refractivity contribution in [1.29, 1.82) is 0 Å². The smallest absolute Gasteiger partial charge is 0.165 e. The predicted molar refractivity (Wildman–Crippen MR) is 153 cm³/mol. The van der Waals surface area contributed by atoms with Crippen LogP contribution in [0, 0.1) is 0 Å². The Balaban J connectivity index is 1.42. The Bertz CT molecular complexity index is 1120. The minimum absolute atomic E-state index is 0.393. The molecule has 0 radical (unpaired) electrons. The van der Waals surface area contributed by atoms with Gasteiger partial charge in [-0.1, -0.05) is 63.3 Å². The molecule has 0 atom stereocenters. The molecule has 0 fully saturated rings. The van der Waals surface area contributed by atoms with E-state index >= 15 is 0 Å². The fourth-order valence-corrected chi connectivity index (χ4v) is 4.40. The summed E-state index contributed by atoms with van der Waals surface area (Å²) in [6, 6.07) is 17.8. The lowest BCUT2D eigenvalue weighted by atomic mass is 10.1. The van der Waals surface area contributed by atoms with Gasteiger partial charge in [0.05, 0.1) is 46.2 Å². The Kier molecular flexibility index (Phi) is 12.5. The third-order valence-corrected chi connectivity index (χ3v) is 6.46. The van der Waals surface area contributed by atoms with E-state index in [0.717, 1.165) is 35.3 Å². The van der Waals surface area contributed by atoms with Crippen LogP contribution in [-0.2, 0) is 14.2 Å². The second-order valence-electron chi connectivity index (χ2n) is 9.47. The molecule has 0 unspecified atom stereocenters. The van der Waals surface area contributed by atoms with Crippen LogP contribution < -0.4 is 18.9 Å². The van der Waals surface area contributed by atoms with Gasteiger partial charge in [0.25, 0.3) is 0 Å². The van der Waals surface area contributed by atoms with Crippen LogP contribution in [0.3, 0.4) is 0 Å². The van der Waals surface area contributed by atoms with Crippen LogP contribution in [0.15, 0.2) is 54.6 Å². The molecule has 0 spiro atoms. The monoisotopic (exact) mass is 538 g/mol. The molecule has 0 saturated heterocycles. The van der Waals surface area contributed by atoms with Gasteiger partial charge in [-0.05, 0) is 30.7 Å². The number of unbranched alkanes of at least 4 members (excludes halogenated alkanes) is 5. The van der Waals surface area contributed by atoms with E-state index < -0.39 is 0 Å². The molecule has 0 aliphatic carbocycles. The van der Waals surface area contributed by atoms with Crippen LogP contribution in [-0.4, -0.2) is 59.5 Å². The van der Waals surface area contributed by atoms with Crippen molar-refractivity contribution in [2.75, 3.05) is 59.5 Å².